The van der Waals surface area contributed by atoms with Crippen LogP contribution in [-0.2, 0) is 76.0 Å². The van der Waals surface area contributed by atoms with Gasteiger partial charge in [0.1, 0.15) is 66.1 Å². The topological polar surface area (TPSA) is 353 Å². The minimum atomic E-state index is -1.93. The molecule has 9 N–H and O–H groups in total. The van der Waals surface area contributed by atoms with Gasteiger partial charge in [0.25, 0.3) is 0 Å². The fourth-order valence-electron chi connectivity index (χ4n) is 12.4. The van der Waals surface area contributed by atoms with Crippen LogP contribution in [0.4, 0.5) is 0 Å². The van der Waals surface area contributed by atoms with Crippen molar-refractivity contribution >= 4 is 17.5 Å². The Morgan fingerprint density at radius 1 is 0.713 bits per heavy atom. The Kier molecular flexibility index (Phi) is 19.8. The maximum absolute atomic E-state index is 14.5. The summed E-state index contributed by atoms with van der Waals surface area (Å²) in [6.45, 7) is 13.6. The summed E-state index contributed by atoms with van der Waals surface area (Å²) >= 11 is 0. The van der Waals surface area contributed by atoms with Crippen LogP contribution in [-0.4, -0.2) is 225 Å². The molecule has 25 nitrogen and oxygen atoms in total. The molecule has 8 aliphatic rings. The Morgan fingerprint density at radius 3 is 1.82 bits per heavy atom. The van der Waals surface area contributed by atoms with Crippen LogP contribution in [0, 0.1) is 17.8 Å². The molecule has 5 aliphatic heterocycles. The molecule has 80 heavy (non-hydrogen) atoms. The minimum absolute atomic E-state index is 0.0143. The number of fused-ring (bicyclic) bond motifs is 2. The highest BCUT2D eigenvalue weighted by molar-refractivity contribution is 6.06. The van der Waals surface area contributed by atoms with Crippen molar-refractivity contribution in [1.82, 2.24) is 0 Å². The van der Waals surface area contributed by atoms with Gasteiger partial charge in [-0.2, -0.15) is 0 Å². The number of allylic oxidation sites excluding steroid dienone is 6. The lowest BCUT2D eigenvalue weighted by Crippen LogP contribution is -2.58. The Morgan fingerprint density at radius 2 is 1.25 bits per heavy atom. The Bertz CT molecular complexity index is 2340. The molecule has 0 aromatic heterocycles. The highest BCUT2D eigenvalue weighted by Gasteiger charge is 2.53. The molecule has 0 amide bonds. The second kappa shape index (κ2) is 25.3. The van der Waals surface area contributed by atoms with Gasteiger partial charge in [0, 0.05) is 70.7 Å². The first-order valence-corrected chi connectivity index (χ1v) is 27.6. The number of aliphatic hydroxyl groups is 9. The summed E-state index contributed by atoms with van der Waals surface area (Å²) in [6.07, 6.45) is -22.0. The second-order valence-electron chi connectivity index (χ2n) is 22.9. The number of ketones is 2. The van der Waals surface area contributed by atoms with E-state index in [1.165, 1.54) is 35.0 Å². The molecule has 0 radical (unpaired) electrons. The molecule has 5 heterocycles. The molecule has 452 valence electrons. The number of esters is 1. The molecule has 0 spiro atoms. The molecule has 27 atom stereocenters. The van der Waals surface area contributed by atoms with Crippen LogP contribution < -0.4 is 0 Å². The lowest BCUT2D eigenvalue weighted by molar-refractivity contribution is -0.335. The molecule has 5 fully saturated rings. The number of hydrogen-bond donors (Lipinski definition) is 9. The first-order valence-electron chi connectivity index (χ1n) is 27.6. The van der Waals surface area contributed by atoms with Gasteiger partial charge in [-0.05, 0) is 73.5 Å². The van der Waals surface area contributed by atoms with Gasteiger partial charge >= 0.3 is 5.97 Å². The lowest BCUT2D eigenvalue weighted by Gasteiger charge is -2.46. The average Bonchev–Trinajstić information content (AvgIpc) is 3.49. The third-order valence-electron chi connectivity index (χ3n) is 16.7. The van der Waals surface area contributed by atoms with E-state index in [1.807, 2.05) is 0 Å². The normalized spacial score (nSPS) is 44.7. The summed E-state index contributed by atoms with van der Waals surface area (Å²) in [6, 6.07) is 0. The lowest BCUT2D eigenvalue weighted by atomic mass is 9.68. The zero-order valence-corrected chi connectivity index (χ0v) is 47.0. The summed E-state index contributed by atoms with van der Waals surface area (Å²) in [7, 11) is 2.67. The molecule has 0 aromatic rings. The SMILES string of the molecule is COC(C(=O)C(O)C(C)O)C1CC2C=C3C=C(OC4CC(OC5CC(O)C(OC)C(C)O5)C(OC(C)=O)C(C)O4)C(C)C(=O)C3=C(O)C2=C(O)C1OC1CC(OC2CC(OC3CC(C)(O)C(O)C(C)O3)C(O)C(C)O2)C(O)C(C)O1. The minimum Gasteiger partial charge on any atom is -0.509 e. The molecular weight excluding hydrogens is 1060 g/mol. The molecule has 27 unspecified atom stereocenters. The number of carbonyl (C=O) groups excluding carboxylic acids is 3. The fourth-order valence-corrected chi connectivity index (χ4v) is 12.4. The van der Waals surface area contributed by atoms with E-state index in [0.717, 1.165) is 0 Å². The number of carbonyl (C=O) groups is 3. The average molecular weight is 1140 g/mol. The van der Waals surface area contributed by atoms with E-state index in [4.69, 9.17) is 61.6 Å². The van der Waals surface area contributed by atoms with Crippen molar-refractivity contribution in [3.8, 4) is 0 Å². The summed E-state index contributed by atoms with van der Waals surface area (Å²) in [4.78, 5) is 40.7. The molecule has 8 rings (SSSR count). The van der Waals surface area contributed by atoms with E-state index >= 15 is 0 Å². The van der Waals surface area contributed by atoms with Crippen molar-refractivity contribution in [2.45, 2.75) is 248 Å². The third kappa shape index (κ3) is 13.0. The summed E-state index contributed by atoms with van der Waals surface area (Å²) < 4.78 is 78.7. The maximum atomic E-state index is 14.5. The van der Waals surface area contributed by atoms with Crippen LogP contribution in [0.5, 0.6) is 0 Å². The van der Waals surface area contributed by atoms with Gasteiger partial charge in [-0.15, -0.1) is 0 Å². The molecule has 3 aliphatic carbocycles. The van der Waals surface area contributed by atoms with Crippen LogP contribution in [0.1, 0.15) is 101 Å². The van der Waals surface area contributed by atoms with E-state index < -0.39 is 194 Å². The number of rotatable bonds is 17. The molecule has 0 aromatic carbocycles. The van der Waals surface area contributed by atoms with Crippen molar-refractivity contribution in [1.29, 1.82) is 0 Å². The van der Waals surface area contributed by atoms with E-state index in [-0.39, 0.29) is 61.0 Å². The number of ether oxygens (including phenoxy) is 13. The zero-order chi connectivity index (χ0) is 58.6. The van der Waals surface area contributed by atoms with Crippen LogP contribution in [0.3, 0.4) is 0 Å². The first-order chi connectivity index (χ1) is 37.6. The van der Waals surface area contributed by atoms with E-state index in [2.05, 4.69) is 0 Å². The number of aliphatic hydroxyl groups excluding tert-OH is 8. The van der Waals surface area contributed by atoms with Crippen LogP contribution in [0.25, 0.3) is 0 Å². The van der Waals surface area contributed by atoms with E-state index in [9.17, 15) is 60.3 Å². The van der Waals surface area contributed by atoms with Gasteiger partial charge in [-0.1, -0.05) is 6.08 Å². The van der Waals surface area contributed by atoms with Crippen molar-refractivity contribution in [3.05, 3.63) is 46.1 Å². The highest BCUT2D eigenvalue weighted by Crippen LogP contribution is 2.49. The van der Waals surface area contributed by atoms with E-state index in [0.29, 0.717) is 0 Å². The summed E-state index contributed by atoms with van der Waals surface area (Å²) in [5.41, 5.74) is -1.56. The van der Waals surface area contributed by atoms with Gasteiger partial charge in [0.05, 0.1) is 72.0 Å². The largest absolute Gasteiger partial charge is 0.509 e. The molecule has 0 saturated carbocycles. The van der Waals surface area contributed by atoms with Crippen LogP contribution >= 0.6 is 0 Å². The predicted octanol–water partition coefficient (Wildman–Crippen LogP) is 0.988. The smallest absolute Gasteiger partial charge is 0.303 e. The number of methoxy groups -OCH3 is 2. The number of Topliss-reactive ketones (excluding diaryl/α,β-unsaturated/α-hetero) is 2. The van der Waals surface area contributed by atoms with Gasteiger partial charge in [-0.3, -0.25) is 14.4 Å². The Hall–Kier alpha value is -3.55. The van der Waals surface area contributed by atoms with Crippen molar-refractivity contribution in [2.24, 2.45) is 17.8 Å². The zero-order valence-electron chi connectivity index (χ0n) is 47.0. The van der Waals surface area contributed by atoms with Crippen molar-refractivity contribution < 1.29 is 122 Å². The second-order valence-corrected chi connectivity index (χ2v) is 22.9. The van der Waals surface area contributed by atoms with E-state index in [1.54, 1.807) is 53.7 Å². The monoisotopic (exact) mass is 1140 g/mol. The van der Waals surface area contributed by atoms with Gasteiger partial charge < -0.3 is 108 Å². The molecule has 0 bridgehead atoms. The molecular formula is C55H82O25. The standard InChI is InChI=1S/C55H82O25/c1-20-32(76-38-18-35(51(25(6)73-38)75-27(8)57)79-36-15-31(58)50(68-10)24(5)72-36)14-29-12-28-13-30(52(69-11)49(65)44(60)21(2)56)53(48(64)42(28)47(63)41(29)43(20)59)80-39-17-33(45(61)23(4)71-39)77-37-16-34(46(62)22(3)70-37)78-40-19-55(9,67)54(66)26(7)74-40/h12,14,20-26,28,30-31,33-40,44-46,50-54,56,58,60-64,66-67H,13,15-19H2,1-11H3. The first kappa shape index (κ1) is 62.5. The maximum Gasteiger partial charge on any atom is 0.303 e. The number of hydrogen-bond acceptors (Lipinski definition) is 25. The Labute approximate surface area is 464 Å². The fraction of sp³-hybridized carbons (Fsp3) is 0.800. The Balaban J connectivity index is 1.04. The molecule has 25 heteroatoms. The predicted molar refractivity (Wildman–Crippen MR) is 271 cm³/mol. The van der Waals surface area contributed by atoms with Gasteiger partial charge in [0.2, 0.25) is 6.29 Å². The van der Waals surface area contributed by atoms with Crippen molar-refractivity contribution in [2.75, 3.05) is 14.2 Å². The van der Waals surface area contributed by atoms with Crippen LogP contribution in [0.15, 0.2) is 46.1 Å². The quantitative estimate of drug-likeness (QED) is 0.0917. The van der Waals surface area contributed by atoms with Crippen LogP contribution in [0.2, 0.25) is 0 Å². The van der Waals surface area contributed by atoms with Gasteiger partial charge in [-0.25, -0.2) is 0 Å². The third-order valence-corrected chi connectivity index (χ3v) is 16.7. The summed E-state index contributed by atoms with van der Waals surface area (Å²) in [5, 5.41) is 100. The molecule has 5 saturated heterocycles. The summed E-state index contributed by atoms with van der Waals surface area (Å²) in [5.74, 6) is -6.25. The van der Waals surface area contributed by atoms with Crippen molar-refractivity contribution in [3.63, 3.8) is 0 Å². The highest BCUT2D eigenvalue weighted by atomic mass is 16.7. The van der Waals surface area contributed by atoms with Gasteiger partial charge in [0.15, 0.2) is 42.8 Å².